The molecule has 0 amide bonds. The number of nitrogens with one attached hydrogen (secondary N) is 1. The Morgan fingerprint density at radius 3 is 2.90 bits per heavy atom. The van der Waals surface area contributed by atoms with Crippen LogP contribution in [0, 0.1) is 0 Å². The van der Waals surface area contributed by atoms with E-state index in [1.54, 1.807) is 6.08 Å². The summed E-state index contributed by atoms with van der Waals surface area (Å²) < 4.78 is 4.88. The van der Waals surface area contributed by atoms with E-state index < -0.39 is 10.6 Å². The Bertz CT molecular complexity index is 142. The lowest BCUT2D eigenvalue weighted by atomic mass is 10.2. The lowest BCUT2D eigenvalue weighted by molar-refractivity contribution is -0.0575. The minimum atomic E-state index is -0.574. The van der Waals surface area contributed by atoms with Gasteiger partial charge >= 0.3 is 0 Å². The first-order chi connectivity index (χ1) is 4.69. The zero-order valence-electron chi connectivity index (χ0n) is 5.44. The van der Waals surface area contributed by atoms with Crippen molar-refractivity contribution in [2.24, 2.45) is 0 Å². The third-order valence-electron chi connectivity index (χ3n) is 1.34. The predicted molar refractivity (Wildman–Crippen MR) is 42.4 cm³/mol. The Labute approximate surface area is 70.1 Å². The SMILES string of the molecule is C=CCNC1(Cl)COC1Cl. The van der Waals surface area contributed by atoms with Crippen LogP contribution in [0.5, 0.6) is 0 Å². The van der Waals surface area contributed by atoms with Crippen LogP contribution in [-0.4, -0.2) is 23.7 Å². The Balaban J connectivity index is 2.30. The third-order valence-corrected chi connectivity index (χ3v) is 2.39. The number of hydrogen-bond acceptors (Lipinski definition) is 2. The van der Waals surface area contributed by atoms with E-state index in [0.717, 1.165) is 0 Å². The molecule has 0 radical (unpaired) electrons. The molecule has 0 aromatic rings. The average molecular weight is 182 g/mol. The van der Waals surface area contributed by atoms with E-state index in [-0.39, 0.29) is 0 Å². The van der Waals surface area contributed by atoms with Crippen molar-refractivity contribution in [2.75, 3.05) is 13.2 Å². The number of hydrogen-bond donors (Lipinski definition) is 1. The van der Waals surface area contributed by atoms with Gasteiger partial charge in [-0.2, -0.15) is 0 Å². The first kappa shape index (κ1) is 8.34. The van der Waals surface area contributed by atoms with Crippen molar-refractivity contribution in [1.82, 2.24) is 5.32 Å². The molecule has 1 aliphatic rings. The second-order valence-electron chi connectivity index (χ2n) is 2.16. The molecule has 4 heteroatoms. The summed E-state index contributed by atoms with van der Waals surface area (Å²) in [5.74, 6) is 0. The fourth-order valence-corrected chi connectivity index (χ4v) is 1.07. The van der Waals surface area contributed by atoms with Gasteiger partial charge in [0.25, 0.3) is 0 Å². The lowest BCUT2D eigenvalue weighted by Crippen LogP contribution is -2.60. The summed E-state index contributed by atoms with van der Waals surface area (Å²) in [6.45, 7) is 4.65. The van der Waals surface area contributed by atoms with Crippen molar-refractivity contribution < 1.29 is 4.74 Å². The van der Waals surface area contributed by atoms with Crippen LogP contribution in [0.4, 0.5) is 0 Å². The van der Waals surface area contributed by atoms with Gasteiger partial charge in [0.05, 0.1) is 6.61 Å². The zero-order chi connectivity index (χ0) is 7.61. The highest BCUT2D eigenvalue weighted by Gasteiger charge is 2.45. The molecule has 10 heavy (non-hydrogen) atoms. The van der Waals surface area contributed by atoms with Crippen molar-refractivity contribution in [3.63, 3.8) is 0 Å². The molecule has 58 valence electrons. The standard InChI is InChI=1S/C6H9Cl2NO/c1-2-3-9-6(8)4-10-5(6)7/h2,5,9H,1,3-4H2. The number of halogens is 2. The maximum atomic E-state index is 5.92. The van der Waals surface area contributed by atoms with E-state index in [2.05, 4.69) is 11.9 Å². The van der Waals surface area contributed by atoms with Crippen molar-refractivity contribution in [3.05, 3.63) is 12.7 Å². The van der Waals surface area contributed by atoms with Gasteiger partial charge in [0.1, 0.15) is 0 Å². The summed E-state index contributed by atoms with van der Waals surface area (Å²) in [5, 5.41) is 2.99. The highest BCUT2D eigenvalue weighted by Crippen LogP contribution is 2.32. The molecule has 1 rings (SSSR count). The fraction of sp³-hybridized carbons (Fsp3) is 0.667. The first-order valence-electron chi connectivity index (χ1n) is 2.99. The molecule has 0 bridgehead atoms. The highest BCUT2D eigenvalue weighted by molar-refractivity contribution is 6.32. The molecule has 1 saturated heterocycles. The number of alkyl halides is 2. The van der Waals surface area contributed by atoms with Gasteiger partial charge in [0.15, 0.2) is 10.6 Å². The van der Waals surface area contributed by atoms with Crippen molar-refractivity contribution in [1.29, 1.82) is 0 Å². The zero-order valence-corrected chi connectivity index (χ0v) is 6.95. The van der Waals surface area contributed by atoms with E-state index in [1.165, 1.54) is 0 Å². The van der Waals surface area contributed by atoms with Crippen molar-refractivity contribution in [2.45, 2.75) is 10.6 Å². The average Bonchev–Trinajstić information content (AvgIpc) is 1.97. The fourth-order valence-electron chi connectivity index (χ4n) is 0.666. The number of rotatable bonds is 3. The summed E-state index contributed by atoms with van der Waals surface area (Å²) in [7, 11) is 0. The van der Waals surface area contributed by atoms with Crippen LogP contribution in [0.1, 0.15) is 0 Å². The molecule has 2 atom stereocenters. The molecular formula is C6H9Cl2NO. The molecule has 1 aliphatic heterocycles. The van der Waals surface area contributed by atoms with Gasteiger partial charge in [-0.05, 0) is 0 Å². The second-order valence-corrected chi connectivity index (χ2v) is 3.23. The van der Waals surface area contributed by atoms with Gasteiger partial charge in [-0.3, -0.25) is 5.32 Å². The van der Waals surface area contributed by atoms with Gasteiger partial charge in [-0.15, -0.1) is 6.58 Å². The minimum absolute atomic E-state index is 0.422. The van der Waals surface area contributed by atoms with Crippen molar-refractivity contribution >= 4 is 23.2 Å². The summed E-state index contributed by atoms with van der Waals surface area (Å²) >= 11 is 11.6. The summed E-state index contributed by atoms with van der Waals surface area (Å²) in [5.41, 5.74) is -0.422. The van der Waals surface area contributed by atoms with Crippen LogP contribution in [0.15, 0.2) is 12.7 Å². The molecule has 1 fully saturated rings. The maximum Gasteiger partial charge on any atom is 0.165 e. The Hall–Kier alpha value is 0.240. The van der Waals surface area contributed by atoms with E-state index >= 15 is 0 Å². The van der Waals surface area contributed by atoms with E-state index in [0.29, 0.717) is 13.2 Å². The van der Waals surface area contributed by atoms with Crippen LogP contribution >= 0.6 is 23.2 Å². The molecule has 0 aromatic heterocycles. The highest BCUT2D eigenvalue weighted by atomic mass is 35.5. The molecule has 0 spiro atoms. The van der Waals surface area contributed by atoms with Crippen LogP contribution < -0.4 is 5.32 Å². The molecule has 2 nitrogen and oxygen atoms in total. The van der Waals surface area contributed by atoms with Crippen LogP contribution in [0.3, 0.4) is 0 Å². The maximum absolute atomic E-state index is 5.92. The molecular weight excluding hydrogens is 173 g/mol. The Kier molecular flexibility index (Phi) is 2.58. The first-order valence-corrected chi connectivity index (χ1v) is 3.81. The monoisotopic (exact) mass is 181 g/mol. The molecule has 1 N–H and O–H groups in total. The van der Waals surface area contributed by atoms with Crippen molar-refractivity contribution in [3.8, 4) is 0 Å². The van der Waals surface area contributed by atoms with Gasteiger partial charge in [0.2, 0.25) is 0 Å². The predicted octanol–water partition coefficient (Wildman–Crippen LogP) is 1.29. The molecule has 0 aliphatic carbocycles. The molecule has 0 saturated carbocycles. The Morgan fingerprint density at radius 1 is 1.90 bits per heavy atom. The van der Waals surface area contributed by atoms with Crippen LogP contribution in [0.2, 0.25) is 0 Å². The number of ether oxygens (including phenoxy) is 1. The van der Waals surface area contributed by atoms with Gasteiger partial charge in [0, 0.05) is 6.54 Å². The summed E-state index contributed by atoms with van der Waals surface area (Å²) in [6, 6.07) is 0. The largest absolute Gasteiger partial charge is 0.356 e. The molecule has 2 unspecified atom stereocenters. The van der Waals surface area contributed by atoms with Gasteiger partial charge < -0.3 is 4.74 Å². The molecule has 0 aromatic carbocycles. The lowest BCUT2D eigenvalue weighted by Gasteiger charge is -2.40. The summed E-state index contributed by atoms with van der Waals surface area (Å²) in [6.07, 6.45) is 1.73. The third kappa shape index (κ3) is 1.45. The van der Waals surface area contributed by atoms with E-state index in [4.69, 9.17) is 27.9 Å². The van der Waals surface area contributed by atoms with E-state index in [1.807, 2.05) is 0 Å². The quantitative estimate of drug-likeness (QED) is 0.403. The smallest absolute Gasteiger partial charge is 0.165 e. The summed E-state index contributed by atoms with van der Waals surface area (Å²) in [4.78, 5) is -0.574. The minimum Gasteiger partial charge on any atom is -0.356 e. The molecule has 1 heterocycles. The topological polar surface area (TPSA) is 21.3 Å². The van der Waals surface area contributed by atoms with Gasteiger partial charge in [-0.25, -0.2) is 0 Å². The van der Waals surface area contributed by atoms with E-state index in [9.17, 15) is 0 Å². The second kappa shape index (κ2) is 3.09. The van der Waals surface area contributed by atoms with Gasteiger partial charge in [-0.1, -0.05) is 29.3 Å². The van der Waals surface area contributed by atoms with Crippen LogP contribution in [-0.2, 0) is 4.74 Å². The Morgan fingerprint density at radius 2 is 2.60 bits per heavy atom. The normalized spacial score (nSPS) is 38.8. The van der Waals surface area contributed by atoms with Crippen LogP contribution in [0.25, 0.3) is 0 Å².